The number of amidine groups is 1. The Morgan fingerprint density at radius 1 is 1.07 bits per heavy atom. The topological polar surface area (TPSA) is 78.7 Å². The maximum Gasteiger partial charge on any atom is 0.159 e. The summed E-state index contributed by atoms with van der Waals surface area (Å²) in [6.07, 6.45) is 0. The number of aliphatic hydroxyl groups excluding tert-OH is 1. The number of thiazole rings is 1. The van der Waals surface area contributed by atoms with Gasteiger partial charge in [-0.05, 0) is 18.2 Å². The van der Waals surface area contributed by atoms with Crippen LogP contribution in [0.1, 0.15) is 5.01 Å². The normalized spacial score (nSPS) is 13.9. The maximum absolute atomic E-state index is 13.5. The standard InChI is InChI=1S/C21H17F2N3O3S/c1-28-13-6-12(7-14(8-13)29-2)26-9-18(27)19(20(26)24)21-25-17(10-30-21)11-3-4-15(22)16(23)5-11/h3-8,10,24,27H,9H2,1-2H3. The van der Waals surface area contributed by atoms with Crippen molar-refractivity contribution >= 4 is 28.4 Å². The van der Waals surface area contributed by atoms with Crippen LogP contribution in [0, 0.1) is 17.0 Å². The van der Waals surface area contributed by atoms with Gasteiger partial charge in [0.25, 0.3) is 0 Å². The third kappa shape index (κ3) is 3.48. The molecule has 2 aromatic carbocycles. The van der Waals surface area contributed by atoms with Gasteiger partial charge in [0, 0.05) is 29.1 Å². The smallest absolute Gasteiger partial charge is 0.159 e. The van der Waals surface area contributed by atoms with Crippen molar-refractivity contribution in [3.8, 4) is 22.8 Å². The summed E-state index contributed by atoms with van der Waals surface area (Å²) in [7, 11) is 3.06. The van der Waals surface area contributed by atoms with Gasteiger partial charge in [-0.1, -0.05) is 0 Å². The van der Waals surface area contributed by atoms with Crippen LogP contribution in [0.5, 0.6) is 11.5 Å². The van der Waals surface area contributed by atoms with Crippen LogP contribution >= 0.6 is 11.3 Å². The summed E-state index contributed by atoms with van der Waals surface area (Å²) in [5.74, 6) is -0.728. The molecule has 0 atom stereocenters. The molecular weight excluding hydrogens is 412 g/mol. The molecule has 30 heavy (non-hydrogen) atoms. The SMILES string of the molecule is COc1cc(OC)cc(N2CC(O)=C(c3nc(-c4ccc(F)c(F)c4)cs3)C2=N)c1. The predicted molar refractivity (Wildman–Crippen MR) is 112 cm³/mol. The zero-order chi connectivity index (χ0) is 21.4. The van der Waals surface area contributed by atoms with E-state index in [4.69, 9.17) is 14.9 Å². The number of hydrogen-bond acceptors (Lipinski definition) is 6. The Kier molecular flexibility index (Phi) is 5.13. The van der Waals surface area contributed by atoms with Gasteiger partial charge in [0.1, 0.15) is 28.1 Å². The lowest BCUT2D eigenvalue weighted by Gasteiger charge is -2.20. The number of anilines is 1. The molecule has 0 unspecified atom stereocenters. The van der Waals surface area contributed by atoms with Crippen LogP contribution in [0.3, 0.4) is 0 Å². The highest BCUT2D eigenvalue weighted by molar-refractivity contribution is 7.11. The fourth-order valence-corrected chi connectivity index (χ4v) is 4.04. The first-order valence-corrected chi connectivity index (χ1v) is 9.72. The van der Waals surface area contributed by atoms with Crippen molar-refractivity contribution < 1.29 is 23.4 Å². The molecule has 0 fully saturated rings. The highest BCUT2D eigenvalue weighted by Gasteiger charge is 2.32. The van der Waals surface area contributed by atoms with E-state index in [1.807, 2.05) is 0 Å². The summed E-state index contributed by atoms with van der Waals surface area (Å²) in [5, 5.41) is 21.2. The minimum absolute atomic E-state index is 0.00651. The van der Waals surface area contributed by atoms with E-state index in [0.29, 0.717) is 33.5 Å². The first-order valence-electron chi connectivity index (χ1n) is 8.84. The van der Waals surface area contributed by atoms with E-state index in [-0.39, 0.29) is 23.7 Å². The molecule has 6 nitrogen and oxygen atoms in total. The molecule has 2 N–H and O–H groups in total. The van der Waals surface area contributed by atoms with Crippen LogP contribution < -0.4 is 14.4 Å². The molecule has 0 bridgehead atoms. The summed E-state index contributed by atoms with van der Waals surface area (Å²) in [6.45, 7) is 0.0879. The van der Waals surface area contributed by atoms with Crippen LogP contribution in [0.4, 0.5) is 14.5 Å². The van der Waals surface area contributed by atoms with E-state index in [1.54, 1.807) is 28.5 Å². The molecule has 0 radical (unpaired) electrons. The first-order chi connectivity index (χ1) is 14.4. The molecule has 0 amide bonds. The summed E-state index contributed by atoms with van der Waals surface area (Å²) < 4.78 is 37.3. The van der Waals surface area contributed by atoms with E-state index in [0.717, 1.165) is 12.1 Å². The molecule has 4 rings (SSSR count). The lowest BCUT2D eigenvalue weighted by Crippen LogP contribution is -2.26. The van der Waals surface area contributed by atoms with E-state index in [1.165, 1.54) is 31.6 Å². The average molecular weight is 429 g/mol. The van der Waals surface area contributed by atoms with Gasteiger partial charge in [0.2, 0.25) is 0 Å². The average Bonchev–Trinajstić information content (AvgIpc) is 3.33. The molecular formula is C21H17F2N3O3S. The van der Waals surface area contributed by atoms with Gasteiger partial charge in [-0.15, -0.1) is 11.3 Å². The molecule has 1 aliphatic rings. The molecule has 9 heteroatoms. The van der Waals surface area contributed by atoms with Gasteiger partial charge < -0.3 is 19.5 Å². The minimum Gasteiger partial charge on any atom is -0.510 e. The Morgan fingerprint density at radius 3 is 2.40 bits per heavy atom. The molecule has 154 valence electrons. The maximum atomic E-state index is 13.5. The molecule has 3 aromatic rings. The van der Waals surface area contributed by atoms with Gasteiger partial charge in [0.15, 0.2) is 11.6 Å². The van der Waals surface area contributed by atoms with Gasteiger partial charge in [-0.3, -0.25) is 5.41 Å². The highest BCUT2D eigenvalue weighted by atomic mass is 32.1. The van der Waals surface area contributed by atoms with E-state index in [9.17, 15) is 13.9 Å². The molecule has 1 aromatic heterocycles. The van der Waals surface area contributed by atoms with Gasteiger partial charge in [0.05, 0.1) is 37.7 Å². The largest absolute Gasteiger partial charge is 0.510 e. The number of hydrogen-bond donors (Lipinski definition) is 2. The molecule has 0 saturated carbocycles. The summed E-state index contributed by atoms with van der Waals surface area (Å²) >= 11 is 1.21. The minimum atomic E-state index is -0.962. The molecule has 1 aliphatic heterocycles. The summed E-state index contributed by atoms with van der Waals surface area (Å²) in [6, 6.07) is 8.73. The van der Waals surface area contributed by atoms with Crippen LogP contribution in [0.15, 0.2) is 47.5 Å². The van der Waals surface area contributed by atoms with Crippen LogP contribution in [-0.4, -0.2) is 36.7 Å². The number of nitrogens with zero attached hydrogens (tertiary/aromatic N) is 2. The van der Waals surface area contributed by atoms with Crippen molar-refractivity contribution in [2.45, 2.75) is 0 Å². The Labute approximate surface area is 175 Å². The monoisotopic (exact) mass is 429 g/mol. The second-order valence-electron chi connectivity index (χ2n) is 6.49. The van der Waals surface area contributed by atoms with Crippen LogP contribution in [-0.2, 0) is 0 Å². The Morgan fingerprint density at radius 2 is 1.77 bits per heavy atom. The number of rotatable bonds is 5. The van der Waals surface area contributed by atoms with Crippen molar-refractivity contribution in [2.24, 2.45) is 0 Å². The van der Waals surface area contributed by atoms with Crippen molar-refractivity contribution in [3.05, 3.63) is 64.2 Å². The first kappa shape index (κ1) is 19.8. The van der Waals surface area contributed by atoms with Crippen LogP contribution in [0.25, 0.3) is 16.8 Å². The highest BCUT2D eigenvalue weighted by Crippen LogP contribution is 2.37. The molecule has 0 saturated heterocycles. The lowest BCUT2D eigenvalue weighted by molar-refractivity contribution is 0.394. The quantitative estimate of drug-likeness (QED) is 0.605. The Balaban J connectivity index is 1.65. The summed E-state index contributed by atoms with van der Waals surface area (Å²) in [4.78, 5) is 6.03. The number of benzene rings is 2. The summed E-state index contributed by atoms with van der Waals surface area (Å²) in [5.41, 5.74) is 1.75. The molecule has 0 spiro atoms. The van der Waals surface area contributed by atoms with E-state index < -0.39 is 11.6 Å². The van der Waals surface area contributed by atoms with Crippen LogP contribution in [0.2, 0.25) is 0 Å². The van der Waals surface area contributed by atoms with Crippen molar-refractivity contribution in [2.75, 3.05) is 25.7 Å². The third-order valence-electron chi connectivity index (χ3n) is 4.68. The van der Waals surface area contributed by atoms with Crippen molar-refractivity contribution in [3.63, 3.8) is 0 Å². The lowest BCUT2D eigenvalue weighted by atomic mass is 10.1. The van der Waals surface area contributed by atoms with E-state index in [2.05, 4.69) is 4.98 Å². The Bertz CT molecular complexity index is 1150. The fraction of sp³-hybridized carbons (Fsp3) is 0.143. The number of aliphatic hydroxyl groups is 1. The fourth-order valence-electron chi connectivity index (χ4n) is 3.15. The number of ether oxygens (including phenoxy) is 2. The predicted octanol–water partition coefficient (Wildman–Crippen LogP) is 4.87. The number of aromatic nitrogens is 1. The number of methoxy groups -OCH3 is 2. The second-order valence-corrected chi connectivity index (χ2v) is 7.35. The Hall–Kier alpha value is -3.46. The number of nitrogens with one attached hydrogen (secondary N) is 1. The van der Waals surface area contributed by atoms with Gasteiger partial charge >= 0.3 is 0 Å². The zero-order valence-corrected chi connectivity index (χ0v) is 16.9. The molecule has 2 heterocycles. The zero-order valence-electron chi connectivity index (χ0n) is 16.1. The van der Waals surface area contributed by atoms with E-state index >= 15 is 0 Å². The van der Waals surface area contributed by atoms with Crippen molar-refractivity contribution in [1.29, 1.82) is 5.41 Å². The molecule has 0 aliphatic carbocycles. The third-order valence-corrected chi connectivity index (χ3v) is 5.54. The van der Waals surface area contributed by atoms with Gasteiger partial charge in [-0.2, -0.15) is 0 Å². The van der Waals surface area contributed by atoms with Crippen molar-refractivity contribution in [1.82, 2.24) is 4.98 Å². The second kappa shape index (κ2) is 7.75. The van der Waals surface area contributed by atoms with Gasteiger partial charge in [-0.25, -0.2) is 13.8 Å². The number of halogens is 2.